The molecule has 1 saturated heterocycles. The molecule has 2 unspecified atom stereocenters. The lowest BCUT2D eigenvalue weighted by Crippen LogP contribution is -2.37. The topological polar surface area (TPSA) is 61.2 Å². The van der Waals surface area contributed by atoms with Crippen molar-refractivity contribution in [1.82, 2.24) is 4.31 Å². The van der Waals surface area contributed by atoms with E-state index in [4.69, 9.17) is 5.26 Å². The standard InChI is InChI=1S/C20H21FN2O2S/c1-15-4-11-19(12-5-15)26(24,25)23-18(3-2-14-22)10-13-20(23)16-6-8-17(21)9-7-16/h4-9,11-12,18,20H,2-3,10,13H2,1H3. The Bertz CT molecular complexity index is 902. The lowest BCUT2D eigenvalue weighted by atomic mass is 10.1. The second-order valence-electron chi connectivity index (χ2n) is 6.64. The minimum absolute atomic E-state index is 0.226. The van der Waals surface area contributed by atoms with Gasteiger partial charge in [-0.1, -0.05) is 29.8 Å². The molecule has 2 aromatic rings. The van der Waals surface area contributed by atoms with Crippen LogP contribution in [0.2, 0.25) is 0 Å². The van der Waals surface area contributed by atoms with Gasteiger partial charge in [-0.15, -0.1) is 0 Å². The van der Waals surface area contributed by atoms with Gasteiger partial charge < -0.3 is 0 Å². The first-order valence-corrected chi connectivity index (χ1v) is 10.1. The minimum atomic E-state index is -3.71. The molecule has 1 heterocycles. The third-order valence-electron chi connectivity index (χ3n) is 4.88. The molecule has 4 nitrogen and oxygen atoms in total. The van der Waals surface area contributed by atoms with Crippen molar-refractivity contribution in [3.8, 4) is 6.07 Å². The Balaban J connectivity index is 2.01. The van der Waals surface area contributed by atoms with Crippen molar-refractivity contribution >= 4 is 10.0 Å². The molecule has 0 saturated carbocycles. The molecule has 0 aliphatic carbocycles. The Morgan fingerprint density at radius 1 is 1.12 bits per heavy atom. The number of hydrogen-bond donors (Lipinski definition) is 0. The van der Waals surface area contributed by atoms with Gasteiger partial charge in [-0.25, -0.2) is 12.8 Å². The Kier molecular flexibility index (Phi) is 5.40. The maximum atomic E-state index is 13.3. The Labute approximate surface area is 153 Å². The monoisotopic (exact) mass is 372 g/mol. The molecule has 1 aliphatic rings. The summed E-state index contributed by atoms with van der Waals surface area (Å²) in [5.41, 5.74) is 1.77. The van der Waals surface area contributed by atoms with Gasteiger partial charge in [0.1, 0.15) is 5.82 Å². The molecule has 1 fully saturated rings. The number of sulfonamides is 1. The lowest BCUT2D eigenvalue weighted by Gasteiger charge is -2.29. The van der Waals surface area contributed by atoms with Crippen LogP contribution in [0.1, 0.15) is 42.9 Å². The van der Waals surface area contributed by atoms with Gasteiger partial charge in [0.05, 0.1) is 17.0 Å². The molecular weight excluding hydrogens is 351 g/mol. The quantitative estimate of drug-likeness (QED) is 0.785. The van der Waals surface area contributed by atoms with Crippen LogP contribution in [0, 0.1) is 24.1 Å². The van der Waals surface area contributed by atoms with Crippen molar-refractivity contribution in [3.05, 3.63) is 65.5 Å². The largest absolute Gasteiger partial charge is 0.243 e. The van der Waals surface area contributed by atoms with Gasteiger partial charge in [-0.3, -0.25) is 0 Å². The van der Waals surface area contributed by atoms with Crippen LogP contribution in [-0.2, 0) is 10.0 Å². The predicted octanol–water partition coefficient (Wildman–Crippen LogP) is 4.33. The number of aryl methyl sites for hydroxylation is 1. The molecule has 0 aromatic heterocycles. The van der Waals surface area contributed by atoms with Crippen molar-refractivity contribution in [2.24, 2.45) is 0 Å². The zero-order valence-electron chi connectivity index (χ0n) is 14.6. The highest BCUT2D eigenvalue weighted by Crippen LogP contribution is 2.41. The fourth-order valence-electron chi connectivity index (χ4n) is 3.56. The van der Waals surface area contributed by atoms with E-state index in [1.54, 1.807) is 36.4 Å². The summed E-state index contributed by atoms with van der Waals surface area (Å²) in [4.78, 5) is 0.249. The van der Waals surface area contributed by atoms with Crippen LogP contribution in [0.25, 0.3) is 0 Å². The molecule has 0 radical (unpaired) electrons. The zero-order chi connectivity index (χ0) is 18.7. The van der Waals surface area contributed by atoms with Gasteiger partial charge >= 0.3 is 0 Å². The van der Waals surface area contributed by atoms with E-state index >= 15 is 0 Å². The summed E-state index contributed by atoms with van der Waals surface area (Å²) in [5, 5.41) is 8.92. The molecule has 2 atom stereocenters. The van der Waals surface area contributed by atoms with E-state index in [1.807, 2.05) is 6.92 Å². The van der Waals surface area contributed by atoms with Crippen LogP contribution < -0.4 is 0 Å². The fourth-order valence-corrected chi connectivity index (χ4v) is 5.45. The van der Waals surface area contributed by atoms with Crippen molar-refractivity contribution < 1.29 is 12.8 Å². The molecule has 0 spiro atoms. The van der Waals surface area contributed by atoms with E-state index in [0.717, 1.165) is 11.1 Å². The summed E-state index contributed by atoms with van der Waals surface area (Å²) in [6.45, 7) is 1.91. The Hall–Kier alpha value is -2.23. The molecular formula is C20H21FN2O2S. The fraction of sp³-hybridized carbons (Fsp3) is 0.350. The third kappa shape index (κ3) is 3.64. The maximum absolute atomic E-state index is 13.3. The number of hydrogen-bond acceptors (Lipinski definition) is 3. The lowest BCUT2D eigenvalue weighted by molar-refractivity contribution is 0.315. The van der Waals surface area contributed by atoms with Crippen molar-refractivity contribution in [2.75, 3.05) is 0 Å². The van der Waals surface area contributed by atoms with Crippen LogP contribution in [0.3, 0.4) is 0 Å². The summed E-state index contributed by atoms with van der Waals surface area (Å²) in [5.74, 6) is -0.347. The number of benzene rings is 2. The summed E-state index contributed by atoms with van der Waals surface area (Å²) >= 11 is 0. The summed E-state index contributed by atoms with van der Waals surface area (Å²) in [6.07, 6.45) is 2.15. The highest BCUT2D eigenvalue weighted by molar-refractivity contribution is 7.89. The highest BCUT2D eigenvalue weighted by Gasteiger charge is 2.42. The molecule has 0 bridgehead atoms. The van der Waals surface area contributed by atoms with E-state index in [1.165, 1.54) is 16.4 Å². The van der Waals surface area contributed by atoms with Gasteiger partial charge in [0.25, 0.3) is 0 Å². The molecule has 0 amide bonds. The average Bonchev–Trinajstić information content (AvgIpc) is 3.05. The predicted molar refractivity (Wildman–Crippen MR) is 97.2 cm³/mol. The van der Waals surface area contributed by atoms with E-state index in [9.17, 15) is 12.8 Å². The molecule has 136 valence electrons. The van der Waals surface area contributed by atoms with E-state index in [2.05, 4.69) is 6.07 Å². The Morgan fingerprint density at radius 3 is 2.38 bits per heavy atom. The molecule has 0 N–H and O–H groups in total. The number of nitriles is 1. The summed E-state index contributed by atoms with van der Waals surface area (Å²) in [6, 6.07) is 14.3. The number of halogens is 1. The normalized spacial score (nSPS) is 20.8. The highest BCUT2D eigenvalue weighted by atomic mass is 32.2. The van der Waals surface area contributed by atoms with Crippen LogP contribution in [-0.4, -0.2) is 18.8 Å². The first kappa shape index (κ1) is 18.6. The number of nitrogens with zero attached hydrogens (tertiary/aromatic N) is 2. The van der Waals surface area contributed by atoms with E-state index in [-0.39, 0.29) is 22.8 Å². The second-order valence-corrected chi connectivity index (χ2v) is 8.49. The van der Waals surface area contributed by atoms with Crippen LogP contribution >= 0.6 is 0 Å². The van der Waals surface area contributed by atoms with Crippen LogP contribution in [0.4, 0.5) is 4.39 Å². The van der Waals surface area contributed by atoms with Crippen molar-refractivity contribution in [2.45, 2.75) is 49.6 Å². The zero-order valence-corrected chi connectivity index (χ0v) is 15.4. The van der Waals surface area contributed by atoms with Crippen molar-refractivity contribution in [3.63, 3.8) is 0 Å². The molecule has 1 aliphatic heterocycles. The smallest absolute Gasteiger partial charge is 0.207 e. The molecule has 26 heavy (non-hydrogen) atoms. The van der Waals surface area contributed by atoms with Gasteiger partial charge in [0, 0.05) is 12.5 Å². The average molecular weight is 372 g/mol. The molecule has 3 rings (SSSR count). The minimum Gasteiger partial charge on any atom is -0.207 e. The Morgan fingerprint density at radius 2 is 1.77 bits per heavy atom. The maximum Gasteiger partial charge on any atom is 0.243 e. The van der Waals surface area contributed by atoms with Gasteiger partial charge in [0.2, 0.25) is 10.0 Å². The first-order chi connectivity index (χ1) is 12.4. The summed E-state index contributed by atoms with van der Waals surface area (Å²) < 4.78 is 41.5. The first-order valence-electron chi connectivity index (χ1n) is 8.66. The van der Waals surface area contributed by atoms with Crippen LogP contribution in [0.15, 0.2) is 53.4 Å². The number of rotatable bonds is 5. The van der Waals surface area contributed by atoms with Crippen molar-refractivity contribution in [1.29, 1.82) is 5.26 Å². The molecule has 6 heteroatoms. The van der Waals surface area contributed by atoms with Gasteiger partial charge in [-0.2, -0.15) is 9.57 Å². The molecule has 2 aromatic carbocycles. The third-order valence-corrected chi connectivity index (χ3v) is 6.86. The van der Waals surface area contributed by atoms with Crippen LogP contribution in [0.5, 0.6) is 0 Å². The van der Waals surface area contributed by atoms with Gasteiger partial charge in [-0.05, 0) is 56.0 Å². The summed E-state index contributed by atoms with van der Waals surface area (Å²) in [7, 11) is -3.71. The van der Waals surface area contributed by atoms with E-state index < -0.39 is 10.0 Å². The SMILES string of the molecule is Cc1ccc(S(=O)(=O)N2C(CCC#N)CCC2c2ccc(F)cc2)cc1. The second kappa shape index (κ2) is 7.56. The van der Waals surface area contributed by atoms with Gasteiger partial charge in [0.15, 0.2) is 0 Å². The van der Waals surface area contributed by atoms with E-state index in [0.29, 0.717) is 25.7 Å².